The molecule has 0 aromatic rings. The minimum atomic E-state index is -1.59. The molecule has 4 N–H and O–H groups in total. The third-order valence-corrected chi connectivity index (χ3v) is 12.2. The van der Waals surface area contributed by atoms with E-state index in [0.29, 0.717) is 6.42 Å². The van der Waals surface area contributed by atoms with E-state index in [4.69, 9.17) is 18.9 Å². The normalized spacial score (nSPS) is 19.7. The number of aliphatic hydroxyl groups is 4. The predicted molar refractivity (Wildman–Crippen MR) is 247 cm³/mol. The lowest BCUT2D eigenvalue weighted by Gasteiger charge is -2.39. The first-order chi connectivity index (χ1) is 29.8. The van der Waals surface area contributed by atoms with Gasteiger partial charge in [0, 0.05) is 12.8 Å². The number of unbranched alkanes of at least 4 members (excludes halogenated alkanes) is 31. The van der Waals surface area contributed by atoms with Crippen LogP contribution in [0.5, 0.6) is 0 Å². The van der Waals surface area contributed by atoms with Crippen molar-refractivity contribution in [2.75, 3.05) is 19.8 Å². The minimum absolute atomic E-state index is 0.214. The van der Waals surface area contributed by atoms with E-state index in [1.807, 2.05) is 0 Å². The number of carbonyl (C=O) groups is 2. The summed E-state index contributed by atoms with van der Waals surface area (Å²) in [6.45, 7) is 3.46. The molecular formula is C51H96O10. The highest BCUT2D eigenvalue weighted by atomic mass is 16.7. The first-order valence-corrected chi connectivity index (χ1v) is 25.8. The van der Waals surface area contributed by atoms with Gasteiger partial charge in [-0.3, -0.25) is 9.59 Å². The molecule has 1 rings (SSSR count). The molecule has 6 atom stereocenters. The first-order valence-electron chi connectivity index (χ1n) is 25.8. The molecule has 0 aromatic carbocycles. The molecule has 0 radical (unpaired) electrons. The average Bonchev–Trinajstić information content (AvgIpc) is 3.26. The Kier molecular flexibility index (Phi) is 39.9. The molecule has 0 spiro atoms. The molecule has 1 heterocycles. The number of carbonyl (C=O) groups excluding carboxylic acids is 2. The SMILES string of the molecule is CCCCCCCC/C=C/CCCCCCCCCC(=O)OC[C@H](CO[C@@H]1O[C@H](CO)[C@H](O)C(O)C1O)OC(=O)CCCCCCCCCCCCCCCCCCCCC. The van der Waals surface area contributed by atoms with Crippen LogP contribution in [0.1, 0.15) is 245 Å². The molecule has 0 aliphatic carbocycles. The van der Waals surface area contributed by atoms with Gasteiger partial charge in [-0.1, -0.05) is 206 Å². The molecule has 0 saturated carbocycles. The van der Waals surface area contributed by atoms with Crippen LogP contribution in [-0.2, 0) is 28.5 Å². The molecule has 0 aromatic heterocycles. The second kappa shape index (κ2) is 42.4. The van der Waals surface area contributed by atoms with Crippen LogP contribution in [0.4, 0.5) is 0 Å². The summed E-state index contributed by atoms with van der Waals surface area (Å²) in [5, 5.41) is 40.2. The number of esters is 2. The fourth-order valence-electron chi connectivity index (χ4n) is 8.07. The number of hydrogen-bond acceptors (Lipinski definition) is 10. The molecule has 0 bridgehead atoms. The van der Waals surface area contributed by atoms with Crippen molar-refractivity contribution >= 4 is 11.9 Å². The number of rotatable bonds is 44. The van der Waals surface area contributed by atoms with Crippen LogP contribution in [0.25, 0.3) is 0 Å². The molecule has 1 fully saturated rings. The predicted octanol–water partition coefficient (Wildman–Crippen LogP) is 11.9. The Balaban J connectivity index is 2.25. The smallest absolute Gasteiger partial charge is 0.306 e. The molecule has 10 nitrogen and oxygen atoms in total. The molecule has 1 aliphatic heterocycles. The van der Waals surface area contributed by atoms with Gasteiger partial charge < -0.3 is 39.4 Å². The van der Waals surface area contributed by atoms with E-state index >= 15 is 0 Å². The quantitative estimate of drug-likeness (QED) is 0.0264. The van der Waals surface area contributed by atoms with Crippen LogP contribution in [0.15, 0.2) is 12.2 Å². The summed E-state index contributed by atoms with van der Waals surface area (Å²) >= 11 is 0. The van der Waals surface area contributed by atoms with Crippen molar-refractivity contribution in [3.8, 4) is 0 Å². The Bertz CT molecular complexity index is 1010. The van der Waals surface area contributed by atoms with Crippen LogP contribution in [0.2, 0.25) is 0 Å². The second-order valence-corrected chi connectivity index (χ2v) is 18.0. The van der Waals surface area contributed by atoms with E-state index in [0.717, 1.165) is 51.4 Å². The zero-order valence-electron chi connectivity index (χ0n) is 39.4. The van der Waals surface area contributed by atoms with E-state index in [-0.39, 0.29) is 32.0 Å². The molecule has 61 heavy (non-hydrogen) atoms. The third-order valence-electron chi connectivity index (χ3n) is 12.2. The van der Waals surface area contributed by atoms with E-state index in [9.17, 15) is 30.0 Å². The van der Waals surface area contributed by atoms with Crippen LogP contribution in [0, 0.1) is 0 Å². The minimum Gasteiger partial charge on any atom is -0.462 e. The zero-order valence-corrected chi connectivity index (χ0v) is 39.4. The summed E-state index contributed by atoms with van der Waals surface area (Å²) in [6, 6.07) is 0. The van der Waals surface area contributed by atoms with Gasteiger partial charge in [-0.15, -0.1) is 0 Å². The van der Waals surface area contributed by atoms with Gasteiger partial charge in [-0.05, 0) is 38.5 Å². The topological polar surface area (TPSA) is 152 Å². The highest BCUT2D eigenvalue weighted by Gasteiger charge is 2.44. The lowest BCUT2D eigenvalue weighted by atomic mass is 9.99. The first kappa shape index (κ1) is 57.5. The Morgan fingerprint density at radius 3 is 1.28 bits per heavy atom. The zero-order chi connectivity index (χ0) is 44.4. The fraction of sp³-hybridized carbons (Fsp3) is 0.922. The van der Waals surface area contributed by atoms with Crippen LogP contribution in [-0.4, -0.2) is 89.0 Å². The summed E-state index contributed by atoms with van der Waals surface area (Å²) in [4.78, 5) is 25.4. The lowest BCUT2D eigenvalue weighted by molar-refractivity contribution is -0.305. The summed E-state index contributed by atoms with van der Waals surface area (Å²) in [5.41, 5.74) is 0. The Hall–Kier alpha value is -1.56. The van der Waals surface area contributed by atoms with Crippen molar-refractivity contribution in [2.24, 2.45) is 0 Å². The molecule has 1 aliphatic rings. The Morgan fingerprint density at radius 1 is 0.492 bits per heavy atom. The number of aliphatic hydroxyl groups excluding tert-OH is 4. The van der Waals surface area contributed by atoms with Gasteiger partial charge in [-0.2, -0.15) is 0 Å². The molecule has 360 valence electrons. The summed E-state index contributed by atoms with van der Waals surface area (Å²) in [7, 11) is 0. The van der Waals surface area contributed by atoms with Crippen LogP contribution >= 0.6 is 0 Å². The van der Waals surface area contributed by atoms with Gasteiger partial charge in [0.1, 0.15) is 31.0 Å². The number of hydrogen-bond donors (Lipinski definition) is 4. The molecular weight excluding hydrogens is 773 g/mol. The van der Waals surface area contributed by atoms with Gasteiger partial charge in [0.2, 0.25) is 0 Å². The maximum Gasteiger partial charge on any atom is 0.306 e. The van der Waals surface area contributed by atoms with Crippen molar-refractivity contribution < 1.29 is 49.0 Å². The standard InChI is InChI=1S/C51H96O10/c1-3-5-7-9-11-13-15-17-19-21-22-24-26-28-30-32-34-36-38-40-47(54)60-44(43-59-51-50(57)49(56)48(55)45(41-52)61-51)42-58-46(53)39-37-35-33-31-29-27-25-23-20-18-16-14-12-10-8-6-4-2/h18,20,44-45,48-52,55-57H,3-17,19,21-43H2,1-2H3/b20-18+/t44-,45-,48+,49?,50?,51-/m1/s1. The van der Waals surface area contributed by atoms with Gasteiger partial charge in [0.25, 0.3) is 0 Å². The maximum absolute atomic E-state index is 12.8. The number of ether oxygens (including phenoxy) is 4. The van der Waals surface area contributed by atoms with E-state index in [1.165, 1.54) is 161 Å². The van der Waals surface area contributed by atoms with Gasteiger partial charge in [0.15, 0.2) is 12.4 Å². The van der Waals surface area contributed by atoms with Crippen molar-refractivity contribution in [2.45, 2.75) is 282 Å². The summed E-state index contributed by atoms with van der Waals surface area (Å²) < 4.78 is 22.3. The van der Waals surface area contributed by atoms with Gasteiger partial charge >= 0.3 is 11.9 Å². The van der Waals surface area contributed by atoms with Crippen molar-refractivity contribution in [1.82, 2.24) is 0 Å². The average molecular weight is 869 g/mol. The van der Waals surface area contributed by atoms with Gasteiger partial charge in [-0.25, -0.2) is 0 Å². The molecule has 0 amide bonds. The Labute approximate surface area is 373 Å². The third kappa shape index (κ3) is 33.6. The van der Waals surface area contributed by atoms with Crippen molar-refractivity contribution in [1.29, 1.82) is 0 Å². The van der Waals surface area contributed by atoms with Crippen molar-refractivity contribution in [3.63, 3.8) is 0 Å². The van der Waals surface area contributed by atoms with E-state index in [1.54, 1.807) is 0 Å². The van der Waals surface area contributed by atoms with Crippen molar-refractivity contribution in [3.05, 3.63) is 12.2 Å². The largest absolute Gasteiger partial charge is 0.462 e. The molecule has 2 unspecified atom stereocenters. The highest BCUT2D eigenvalue weighted by Crippen LogP contribution is 2.23. The monoisotopic (exact) mass is 869 g/mol. The van der Waals surface area contributed by atoms with Gasteiger partial charge in [0.05, 0.1) is 13.2 Å². The lowest BCUT2D eigenvalue weighted by Crippen LogP contribution is -2.59. The second-order valence-electron chi connectivity index (χ2n) is 18.0. The summed E-state index contributed by atoms with van der Waals surface area (Å²) in [5.74, 6) is -0.796. The number of allylic oxidation sites excluding steroid dienone is 2. The van der Waals surface area contributed by atoms with Crippen LogP contribution < -0.4 is 0 Å². The van der Waals surface area contributed by atoms with E-state index in [2.05, 4.69) is 26.0 Å². The maximum atomic E-state index is 12.8. The molecule has 1 saturated heterocycles. The van der Waals surface area contributed by atoms with E-state index < -0.39 is 49.4 Å². The molecule has 10 heteroatoms. The Morgan fingerprint density at radius 2 is 0.869 bits per heavy atom. The summed E-state index contributed by atoms with van der Waals surface area (Å²) in [6.07, 6.45) is 39.3. The highest BCUT2D eigenvalue weighted by molar-refractivity contribution is 5.70. The fourth-order valence-corrected chi connectivity index (χ4v) is 8.07. The van der Waals surface area contributed by atoms with Crippen LogP contribution in [0.3, 0.4) is 0 Å².